The van der Waals surface area contributed by atoms with Crippen molar-refractivity contribution in [2.75, 3.05) is 52.6 Å². The molecule has 0 saturated carbocycles. The Morgan fingerprint density at radius 3 is 1.80 bits per heavy atom. The highest BCUT2D eigenvalue weighted by atomic mass is 35.5. The monoisotopic (exact) mass is 456 g/mol. The molecule has 0 bridgehead atoms. The quantitative estimate of drug-likeness (QED) is 0.399. The number of aliphatic hydroxyl groups is 1. The Bertz CT molecular complexity index is 796. The Morgan fingerprint density at radius 2 is 1.37 bits per heavy atom. The van der Waals surface area contributed by atoms with Gasteiger partial charge in [0.05, 0.1) is 49.1 Å². The van der Waals surface area contributed by atoms with Crippen LogP contribution in [0.15, 0.2) is 28.2 Å². The number of nitrogens with zero attached hydrogens (tertiary/aromatic N) is 4. The molecule has 3 rings (SSSR count). The number of halogens is 2. The van der Waals surface area contributed by atoms with Gasteiger partial charge in [0.25, 0.3) is 17.4 Å². The first-order chi connectivity index (χ1) is 14.4. The van der Waals surface area contributed by atoms with Crippen molar-refractivity contribution < 1.29 is 24.2 Å². The number of carbonyl (C=O) groups excluding carboxylic acids is 2. The summed E-state index contributed by atoms with van der Waals surface area (Å²) in [6.45, 7) is 4.19. The van der Waals surface area contributed by atoms with E-state index in [4.69, 9.17) is 32.7 Å². The van der Waals surface area contributed by atoms with Crippen LogP contribution in [-0.2, 0) is 24.7 Å². The van der Waals surface area contributed by atoms with Crippen molar-refractivity contribution in [2.24, 2.45) is 9.98 Å². The van der Waals surface area contributed by atoms with Gasteiger partial charge < -0.3 is 24.4 Å². The van der Waals surface area contributed by atoms with Crippen LogP contribution in [0.3, 0.4) is 0 Å². The molecule has 1 aromatic carbocycles. The highest BCUT2D eigenvalue weighted by Gasteiger charge is 2.46. The summed E-state index contributed by atoms with van der Waals surface area (Å²) < 4.78 is 10.5. The number of hydrogen-bond acceptors (Lipinski definition) is 5. The molecule has 30 heavy (non-hydrogen) atoms. The first-order valence-electron chi connectivity index (χ1n) is 9.40. The lowest BCUT2D eigenvalue weighted by molar-refractivity contribution is -0.150. The Hall–Kier alpha value is -2.04. The average molecular weight is 457 g/mol. The van der Waals surface area contributed by atoms with Gasteiger partial charge in [0.1, 0.15) is 0 Å². The fraction of sp³-hybridized carbons (Fsp3) is 0.474. The Morgan fingerprint density at radius 1 is 0.900 bits per heavy atom. The van der Waals surface area contributed by atoms with Crippen LogP contribution in [0.2, 0.25) is 10.0 Å². The van der Waals surface area contributed by atoms with Crippen molar-refractivity contribution in [3.8, 4) is 0 Å². The molecule has 9 nitrogen and oxygen atoms in total. The van der Waals surface area contributed by atoms with E-state index in [0.717, 1.165) is 0 Å². The largest absolute Gasteiger partial charge is 0.378 e. The van der Waals surface area contributed by atoms with E-state index >= 15 is 0 Å². The number of ether oxygens (including phenoxy) is 2. The summed E-state index contributed by atoms with van der Waals surface area (Å²) in [6.07, 6.45) is 2.60. The third kappa shape index (κ3) is 5.35. The second kappa shape index (κ2) is 10.3. The fourth-order valence-electron chi connectivity index (χ4n) is 2.90. The molecule has 2 aliphatic rings. The lowest BCUT2D eigenvalue weighted by atomic mass is 9.92. The topological polar surface area (TPSA) is 104 Å². The van der Waals surface area contributed by atoms with E-state index < -0.39 is 17.4 Å². The van der Waals surface area contributed by atoms with Crippen LogP contribution in [0, 0.1) is 0 Å². The van der Waals surface area contributed by atoms with E-state index in [1.165, 1.54) is 30.9 Å². The Kier molecular flexibility index (Phi) is 7.79. The van der Waals surface area contributed by atoms with Crippen molar-refractivity contribution in [3.63, 3.8) is 0 Å². The molecule has 2 fully saturated rings. The molecule has 2 aliphatic heterocycles. The molecule has 0 aliphatic carbocycles. The molecule has 1 N–H and O–H groups in total. The van der Waals surface area contributed by atoms with Crippen molar-refractivity contribution in [1.29, 1.82) is 0 Å². The van der Waals surface area contributed by atoms with E-state index in [-0.39, 0.29) is 15.6 Å². The third-order valence-electron chi connectivity index (χ3n) is 4.72. The van der Waals surface area contributed by atoms with Crippen LogP contribution in [0.4, 0.5) is 0 Å². The van der Waals surface area contributed by atoms with Gasteiger partial charge >= 0.3 is 0 Å². The molecule has 0 aromatic heterocycles. The standard InChI is InChI=1S/C19H22Cl2N4O5/c20-15-2-1-14(11-16(15)21)19(28,17(26)22-12-24-3-7-29-8-4-24)18(27)23-13-25-5-9-30-10-6-25/h1-2,11-13,28H,3-10H2. The molecule has 2 saturated heterocycles. The second-order valence-corrected chi connectivity index (χ2v) is 7.55. The predicted molar refractivity (Wildman–Crippen MR) is 112 cm³/mol. The molecule has 2 heterocycles. The summed E-state index contributed by atoms with van der Waals surface area (Å²) in [7, 11) is 0. The summed E-state index contributed by atoms with van der Waals surface area (Å²) in [6, 6.07) is 3.99. The number of aliphatic imine (C=N–C) groups is 2. The van der Waals surface area contributed by atoms with E-state index in [2.05, 4.69) is 9.98 Å². The van der Waals surface area contributed by atoms with E-state index in [0.29, 0.717) is 52.6 Å². The SMILES string of the molecule is O=C(N=CN1CCOCC1)C(O)(C(=O)N=CN1CCOCC1)c1ccc(Cl)c(Cl)c1. The number of morpholine rings is 2. The maximum absolute atomic E-state index is 12.9. The predicted octanol–water partition coefficient (Wildman–Crippen LogP) is 0.955. The highest BCUT2D eigenvalue weighted by molar-refractivity contribution is 6.42. The van der Waals surface area contributed by atoms with Gasteiger partial charge in [0.15, 0.2) is 0 Å². The van der Waals surface area contributed by atoms with Crippen molar-refractivity contribution in [3.05, 3.63) is 33.8 Å². The molecule has 11 heteroatoms. The lowest BCUT2D eigenvalue weighted by Gasteiger charge is -2.26. The minimum Gasteiger partial charge on any atom is -0.378 e. The van der Waals surface area contributed by atoms with Gasteiger partial charge in [-0.1, -0.05) is 29.3 Å². The minimum absolute atomic E-state index is 0.0647. The lowest BCUT2D eigenvalue weighted by Crippen LogP contribution is -2.44. The van der Waals surface area contributed by atoms with Crippen LogP contribution < -0.4 is 0 Å². The smallest absolute Gasteiger partial charge is 0.293 e. The number of benzene rings is 1. The van der Waals surface area contributed by atoms with Gasteiger partial charge in [-0.3, -0.25) is 9.59 Å². The zero-order valence-electron chi connectivity index (χ0n) is 16.2. The van der Waals surface area contributed by atoms with E-state index in [1.54, 1.807) is 9.80 Å². The van der Waals surface area contributed by atoms with Gasteiger partial charge in [0.2, 0.25) is 0 Å². The number of amides is 2. The molecule has 0 atom stereocenters. The zero-order chi connectivity index (χ0) is 21.6. The van der Waals surface area contributed by atoms with Gasteiger partial charge in [0, 0.05) is 31.7 Å². The minimum atomic E-state index is -2.64. The molecule has 162 valence electrons. The molecule has 1 aromatic rings. The van der Waals surface area contributed by atoms with Crippen LogP contribution in [0.25, 0.3) is 0 Å². The van der Waals surface area contributed by atoms with Gasteiger partial charge in [-0.25, -0.2) is 9.98 Å². The number of rotatable bonds is 5. The molecule has 0 radical (unpaired) electrons. The highest BCUT2D eigenvalue weighted by Crippen LogP contribution is 2.31. The van der Waals surface area contributed by atoms with E-state index in [9.17, 15) is 14.7 Å². The molecular weight excluding hydrogens is 435 g/mol. The van der Waals surface area contributed by atoms with Crippen molar-refractivity contribution >= 4 is 47.7 Å². The second-order valence-electron chi connectivity index (χ2n) is 6.74. The maximum Gasteiger partial charge on any atom is 0.293 e. The fourth-order valence-corrected chi connectivity index (χ4v) is 3.20. The van der Waals surface area contributed by atoms with Crippen molar-refractivity contribution in [1.82, 2.24) is 9.80 Å². The van der Waals surface area contributed by atoms with E-state index in [1.807, 2.05) is 0 Å². The summed E-state index contributed by atoms with van der Waals surface area (Å²) in [5, 5.41) is 11.5. The van der Waals surface area contributed by atoms with Gasteiger partial charge in [-0.2, -0.15) is 0 Å². The number of hydrogen-bond donors (Lipinski definition) is 1. The van der Waals surface area contributed by atoms with Crippen LogP contribution >= 0.6 is 23.2 Å². The molecule has 2 amide bonds. The summed E-state index contributed by atoms with van der Waals surface area (Å²) in [5.74, 6) is -2.15. The molecular formula is C19H22Cl2N4O5. The maximum atomic E-state index is 12.9. The Labute approximate surface area is 183 Å². The Balaban J connectivity index is 1.87. The van der Waals surface area contributed by atoms with Crippen molar-refractivity contribution in [2.45, 2.75) is 5.60 Å². The first kappa shape index (κ1) is 22.6. The normalized spacial score (nSPS) is 20.0. The van der Waals surface area contributed by atoms with Crippen LogP contribution in [0.5, 0.6) is 0 Å². The average Bonchev–Trinajstić information content (AvgIpc) is 2.78. The van der Waals surface area contributed by atoms with Gasteiger partial charge in [-0.05, 0) is 12.1 Å². The number of carbonyl (C=O) groups is 2. The van der Waals surface area contributed by atoms with Crippen LogP contribution in [-0.4, -0.2) is 92.0 Å². The molecule has 0 spiro atoms. The summed E-state index contributed by atoms with van der Waals surface area (Å²) in [4.78, 5) is 36.9. The zero-order valence-corrected chi connectivity index (χ0v) is 17.7. The van der Waals surface area contributed by atoms with Crippen LogP contribution in [0.1, 0.15) is 5.56 Å². The third-order valence-corrected chi connectivity index (χ3v) is 5.46. The molecule has 0 unspecified atom stereocenters. The summed E-state index contributed by atoms with van der Waals surface area (Å²) in [5.41, 5.74) is -2.70. The summed E-state index contributed by atoms with van der Waals surface area (Å²) >= 11 is 12.0. The first-order valence-corrected chi connectivity index (χ1v) is 10.2. The van der Waals surface area contributed by atoms with Gasteiger partial charge in [-0.15, -0.1) is 0 Å².